The molecule has 0 saturated carbocycles. The van der Waals surface area contributed by atoms with Crippen LogP contribution in [0, 0.1) is 11.3 Å². The number of nitrogens with zero attached hydrogens (tertiary/aromatic N) is 1. The summed E-state index contributed by atoms with van der Waals surface area (Å²) in [4.78, 5) is 0. The monoisotopic (exact) mass is 303 g/mol. The zero-order chi connectivity index (χ0) is 15.2. The molecule has 0 aromatic heterocycles. The van der Waals surface area contributed by atoms with E-state index in [-0.39, 0.29) is 13.2 Å². The topological polar surface area (TPSA) is 62.5 Å². The summed E-state index contributed by atoms with van der Waals surface area (Å²) in [6, 6.07) is 12.3. The second-order valence-electron chi connectivity index (χ2n) is 4.35. The predicted octanol–water partition coefficient (Wildman–Crippen LogP) is 3.29. The van der Waals surface area contributed by atoms with Crippen LogP contribution in [0.25, 0.3) is 0 Å². The molecular weight excluding hydrogens is 290 g/mol. The Morgan fingerprint density at radius 2 is 2.00 bits per heavy atom. The van der Waals surface area contributed by atoms with Crippen molar-refractivity contribution in [2.75, 3.05) is 7.11 Å². The Morgan fingerprint density at radius 1 is 1.19 bits per heavy atom. The lowest BCUT2D eigenvalue weighted by Crippen LogP contribution is -1.99. The summed E-state index contributed by atoms with van der Waals surface area (Å²) >= 11 is 6.10. The zero-order valence-corrected chi connectivity index (χ0v) is 12.2. The normalized spacial score (nSPS) is 10.0. The maximum absolute atomic E-state index is 9.16. The van der Waals surface area contributed by atoms with Crippen LogP contribution in [0.3, 0.4) is 0 Å². The van der Waals surface area contributed by atoms with Crippen molar-refractivity contribution < 1.29 is 14.6 Å². The molecule has 0 saturated heterocycles. The minimum absolute atomic E-state index is 0.0715. The van der Waals surface area contributed by atoms with Crippen LogP contribution >= 0.6 is 11.6 Å². The smallest absolute Gasteiger partial charge is 0.162 e. The van der Waals surface area contributed by atoms with E-state index < -0.39 is 0 Å². The number of hydrogen-bond donors (Lipinski definition) is 1. The summed E-state index contributed by atoms with van der Waals surface area (Å²) in [6.45, 7) is 0.174. The van der Waals surface area contributed by atoms with Gasteiger partial charge in [0.25, 0.3) is 0 Å². The molecule has 0 aliphatic heterocycles. The van der Waals surface area contributed by atoms with Crippen LogP contribution in [0.1, 0.15) is 16.7 Å². The SMILES string of the molecule is COc1ccc(CO)cc1OCc1ccc(C#N)cc1Cl. The first-order valence-electron chi connectivity index (χ1n) is 6.27. The molecule has 0 aliphatic carbocycles. The fourth-order valence-electron chi connectivity index (χ4n) is 1.82. The van der Waals surface area contributed by atoms with Gasteiger partial charge in [-0.3, -0.25) is 0 Å². The van der Waals surface area contributed by atoms with Crippen LogP contribution in [0.5, 0.6) is 11.5 Å². The van der Waals surface area contributed by atoms with Crippen molar-refractivity contribution in [3.63, 3.8) is 0 Å². The molecule has 0 amide bonds. The Kier molecular flexibility index (Phi) is 5.04. The Hall–Kier alpha value is -2.22. The summed E-state index contributed by atoms with van der Waals surface area (Å²) in [5, 5.41) is 18.4. The molecule has 0 aliphatic rings. The number of rotatable bonds is 5. The minimum Gasteiger partial charge on any atom is -0.493 e. The van der Waals surface area contributed by atoms with Crippen LogP contribution in [-0.2, 0) is 13.2 Å². The molecule has 0 atom stereocenters. The van der Waals surface area contributed by atoms with Crippen LogP contribution in [-0.4, -0.2) is 12.2 Å². The first-order chi connectivity index (χ1) is 10.2. The Balaban J connectivity index is 2.18. The van der Waals surface area contributed by atoms with Crippen LogP contribution in [0.4, 0.5) is 0 Å². The van der Waals surface area contributed by atoms with Gasteiger partial charge in [0.15, 0.2) is 11.5 Å². The fourth-order valence-corrected chi connectivity index (χ4v) is 2.06. The Morgan fingerprint density at radius 3 is 2.62 bits per heavy atom. The molecular formula is C16H14ClNO3. The number of halogens is 1. The average molecular weight is 304 g/mol. The standard InChI is InChI=1S/C16H14ClNO3/c1-20-15-5-3-12(9-19)7-16(15)21-10-13-4-2-11(8-18)6-14(13)17/h2-7,19H,9-10H2,1H3. The first-order valence-corrected chi connectivity index (χ1v) is 6.65. The zero-order valence-electron chi connectivity index (χ0n) is 11.5. The van der Waals surface area contributed by atoms with Crippen molar-refractivity contribution >= 4 is 11.6 Å². The van der Waals surface area contributed by atoms with Gasteiger partial charge in [-0.2, -0.15) is 5.26 Å². The lowest BCUT2D eigenvalue weighted by atomic mass is 10.1. The molecule has 108 valence electrons. The van der Waals surface area contributed by atoms with Gasteiger partial charge in [-0.15, -0.1) is 0 Å². The van der Waals surface area contributed by atoms with E-state index in [0.717, 1.165) is 11.1 Å². The van der Waals surface area contributed by atoms with Crippen molar-refractivity contribution in [3.8, 4) is 17.6 Å². The van der Waals surface area contributed by atoms with Crippen molar-refractivity contribution in [2.24, 2.45) is 0 Å². The lowest BCUT2D eigenvalue weighted by Gasteiger charge is -2.12. The number of ether oxygens (including phenoxy) is 2. The van der Waals surface area contributed by atoms with Gasteiger partial charge in [-0.1, -0.05) is 23.7 Å². The number of aliphatic hydroxyl groups excluding tert-OH is 1. The second kappa shape index (κ2) is 6.98. The lowest BCUT2D eigenvalue weighted by molar-refractivity contribution is 0.272. The van der Waals surface area contributed by atoms with Gasteiger partial charge in [-0.05, 0) is 29.8 Å². The van der Waals surface area contributed by atoms with Crippen LogP contribution in [0.2, 0.25) is 5.02 Å². The number of methoxy groups -OCH3 is 1. The average Bonchev–Trinajstić information content (AvgIpc) is 2.53. The number of benzene rings is 2. The molecule has 5 heteroatoms. The molecule has 21 heavy (non-hydrogen) atoms. The molecule has 0 bridgehead atoms. The number of hydrogen-bond acceptors (Lipinski definition) is 4. The highest BCUT2D eigenvalue weighted by atomic mass is 35.5. The van der Waals surface area contributed by atoms with Crippen LogP contribution < -0.4 is 9.47 Å². The first kappa shape index (κ1) is 15.2. The number of aliphatic hydroxyl groups is 1. The van der Waals surface area contributed by atoms with E-state index >= 15 is 0 Å². The fraction of sp³-hybridized carbons (Fsp3) is 0.188. The summed E-state index contributed by atoms with van der Waals surface area (Å²) < 4.78 is 10.9. The summed E-state index contributed by atoms with van der Waals surface area (Å²) in [5.74, 6) is 1.11. The van der Waals surface area contributed by atoms with E-state index in [4.69, 9.17) is 31.4 Å². The predicted molar refractivity (Wildman–Crippen MR) is 79.4 cm³/mol. The van der Waals surface area contributed by atoms with Gasteiger partial charge in [0, 0.05) is 10.6 Å². The summed E-state index contributed by atoms with van der Waals surface area (Å²) in [6.07, 6.45) is 0. The van der Waals surface area contributed by atoms with Gasteiger partial charge in [0.1, 0.15) is 6.61 Å². The van der Waals surface area contributed by atoms with E-state index in [0.29, 0.717) is 22.1 Å². The van der Waals surface area contributed by atoms with E-state index in [1.54, 1.807) is 43.5 Å². The quantitative estimate of drug-likeness (QED) is 0.920. The molecule has 2 rings (SSSR count). The maximum atomic E-state index is 9.16. The van der Waals surface area contributed by atoms with Crippen molar-refractivity contribution in [1.29, 1.82) is 5.26 Å². The van der Waals surface area contributed by atoms with Gasteiger partial charge in [-0.25, -0.2) is 0 Å². The Labute approximate surface area is 128 Å². The van der Waals surface area contributed by atoms with Crippen molar-refractivity contribution in [1.82, 2.24) is 0 Å². The second-order valence-corrected chi connectivity index (χ2v) is 4.76. The highest BCUT2D eigenvalue weighted by Crippen LogP contribution is 2.29. The highest BCUT2D eigenvalue weighted by Gasteiger charge is 2.08. The van der Waals surface area contributed by atoms with Gasteiger partial charge >= 0.3 is 0 Å². The van der Waals surface area contributed by atoms with Gasteiger partial charge in [0.2, 0.25) is 0 Å². The molecule has 1 N–H and O–H groups in total. The largest absolute Gasteiger partial charge is 0.493 e. The third-order valence-corrected chi connectivity index (χ3v) is 3.33. The molecule has 2 aromatic carbocycles. The Bertz CT molecular complexity index is 680. The molecule has 0 radical (unpaired) electrons. The summed E-state index contributed by atoms with van der Waals surface area (Å²) in [7, 11) is 1.55. The van der Waals surface area contributed by atoms with Crippen LogP contribution in [0.15, 0.2) is 36.4 Å². The van der Waals surface area contributed by atoms with E-state index in [2.05, 4.69) is 0 Å². The van der Waals surface area contributed by atoms with Gasteiger partial charge in [0.05, 0.1) is 25.3 Å². The summed E-state index contributed by atoms with van der Waals surface area (Å²) in [5.41, 5.74) is 2.01. The van der Waals surface area contributed by atoms with Crippen molar-refractivity contribution in [3.05, 3.63) is 58.1 Å². The minimum atomic E-state index is -0.0715. The molecule has 0 heterocycles. The third kappa shape index (κ3) is 3.66. The van der Waals surface area contributed by atoms with E-state index in [9.17, 15) is 0 Å². The van der Waals surface area contributed by atoms with E-state index in [1.807, 2.05) is 6.07 Å². The molecule has 2 aromatic rings. The molecule has 0 spiro atoms. The van der Waals surface area contributed by atoms with E-state index in [1.165, 1.54) is 0 Å². The number of nitriles is 1. The van der Waals surface area contributed by atoms with Crippen molar-refractivity contribution in [2.45, 2.75) is 13.2 Å². The molecule has 0 unspecified atom stereocenters. The molecule has 0 fully saturated rings. The maximum Gasteiger partial charge on any atom is 0.162 e. The molecule has 4 nitrogen and oxygen atoms in total. The third-order valence-electron chi connectivity index (χ3n) is 2.98. The van der Waals surface area contributed by atoms with Gasteiger partial charge < -0.3 is 14.6 Å². The highest BCUT2D eigenvalue weighted by molar-refractivity contribution is 6.31.